The second-order valence-electron chi connectivity index (χ2n) is 2.67. The van der Waals surface area contributed by atoms with Crippen molar-refractivity contribution in [3.05, 3.63) is 0 Å². The smallest absolute Gasteiger partial charge is 0.376 e. The molecule has 0 rings (SSSR count). The van der Waals surface area contributed by atoms with E-state index in [1.54, 1.807) is 6.92 Å². The summed E-state index contributed by atoms with van der Waals surface area (Å²) < 4.78 is 8.88. The predicted molar refractivity (Wildman–Crippen MR) is 48.9 cm³/mol. The van der Waals surface area contributed by atoms with Crippen LogP contribution in [0.25, 0.3) is 0 Å². The number of nitrogens with one attached hydrogen (secondary N) is 1. The summed E-state index contributed by atoms with van der Waals surface area (Å²) in [5.41, 5.74) is -0.658. The molecule has 1 atom stereocenters. The van der Waals surface area contributed by atoms with Gasteiger partial charge in [0.1, 0.15) is 5.72 Å². The lowest BCUT2D eigenvalue weighted by atomic mass is 10.2. The van der Waals surface area contributed by atoms with E-state index < -0.39 is 13.5 Å². The van der Waals surface area contributed by atoms with Crippen LogP contribution < -0.4 is 5.32 Å². The third-order valence-corrected chi connectivity index (χ3v) is 1.25. The minimum Gasteiger partial charge on any atom is -0.376 e. The van der Waals surface area contributed by atoms with E-state index in [1.807, 2.05) is 13.8 Å². The summed E-state index contributed by atoms with van der Waals surface area (Å²) in [5.74, 6) is 0. The molecule has 0 aliphatic carbocycles. The molecule has 7 heteroatoms. The Labute approximate surface area is 77.8 Å². The van der Waals surface area contributed by atoms with E-state index in [1.165, 1.54) is 0 Å². The first-order valence-electron chi connectivity index (χ1n) is 3.88. The molecule has 0 aromatic carbocycles. The van der Waals surface area contributed by atoms with Crippen LogP contribution in [0.4, 0.5) is 0 Å². The molecule has 0 aromatic rings. The van der Waals surface area contributed by atoms with Gasteiger partial charge in [-0.1, -0.05) is 13.8 Å². The summed E-state index contributed by atoms with van der Waals surface area (Å²) in [6.07, 6.45) is 0.751. The fourth-order valence-electron chi connectivity index (χ4n) is 0.506. The quantitative estimate of drug-likeness (QED) is 0.329. The van der Waals surface area contributed by atoms with Gasteiger partial charge < -0.3 is 19.8 Å². The zero-order chi connectivity index (χ0) is 11.1. The van der Waals surface area contributed by atoms with Gasteiger partial charge in [-0.05, 0) is 19.9 Å². The summed E-state index contributed by atoms with van der Waals surface area (Å²) in [6, 6.07) is 0. The largest absolute Gasteiger partial charge is 0.466 e. The average molecular weight is 215 g/mol. The Kier molecular flexibility index (Phi) is 7.72. The maximum atomic E-state index is 9.21. The summed E-state index contributed by atoms with van der Waals surface area (Å²) in [7, 11) is -4.64. The zero-order valence-electron chi connectivity index (χ0n) is 8.06. The number of aliphatic hydroxyl groups is 1. The van der Waals surface area contributed by atoms with Crippen LogP contribution in [0.5, 0.6) is 0 Å². The van der Waals surface area contributed by atoms with E-state index in [-0.39, 0.29) is 0 Å². The van der Waals surface area contributed by atoms with E-state index in [4.69, 9.17) is 19.2 Å². The van der Waals surface area contributed by atoms with Crippen molar-refractivity contribution in [2.45, 2.75) is 32.9 Å². The maximum Gasteiger partial charge on any atom is 0.466 e. The summed E-state index contributed by atoms with van der Waals surface area (Å²) in [5, 5.41) is 12.1. The van der Waals surface area contributed by atoms with Crippen molar-refractivity contribution in [3.8, 4) is 0 Å². The third kappa shape index (κ3) is 24.5. The van der Waals surface area contributed by atoms with Gasteiger partial charge in [-0.25, -0.2) is 4.57 Å². The summed E-state index contributed by atoms with van der Waals surface area (Å²) in [4.78, 5) is 21.6. The van der Waals surface area contributed by atoms with E-state index in [9.17, 15) is 5.11 Å². The lowest BCUT2D eigenvalue weighted by molar-refractivity contribution is 0.0223. The second-order valence-corrected chi connectivity index (χ2v) is 3.70. The van der Waals surface area contributed by atoms with Crippen LogP contribution in [0.1, 0.15) is 27.2 Å². The molecule has 0 radical (unpaired) electrons. The molecular weight excluding hydrogens is 197 g/mol. The van der Waals surface area contributed by atoms with E-state index in [2.05, 4.69) is 5.32 Å². The fraction of sp³-hybridized carbons (Fsp3) is 1.00. The standard InChI is InChI=1S/C6H15NO.H3O4P/c1-4-6(3,8)7-5-2;1-5(2,3)4/h7-8H,4-5H2,1-3H3;(H3,1,2,3,4). The van der Waals surface area contributed by atoms with E-state index in [0.717, 1.165) is 13.0 Å². The molecule has 0 bridgehead atoms. The molecule has 0 saturated carbocycles. The molecule has 1 unspecified atom stereocenters. The third-order valence-electron chi connectivity index (χ3n) is 1.25. The molecule has 0 fully saturated rings. The van der Waals surface area contributed by atoms with Gasteiger partial charge in [-0.2, -0.15) is 0 Å². The highest BCUT2D eigenvalue weighted by atomic mass is 31.2. The Morgan fingerprint density at radius 2 is 1.62 bits per heavy atom. The van der Waals surface area contributed by atoms with E-state index in [0.29, 0.717) is 0 Å². The average Bonchev–Trinajstić information content (AvgIpc) is 1.84. The second kappa shape index (κ2) is 6.48. The normalized spacial score (nSPS) is 15.6. The van der Waals surface area contributed by atoms with Crippen LogP contribution >= 0.6 is 7.82 Å². The molecule has 0 amide bonds. The molecule has 0 saturated heterocycles. The van der Waals surface area contributed by atoms with Gasteiger partial charge in [-0.3, -0.25) is 5.32 Å². The van der Waals surface area contributed by atoms with Crippen molar-refractivity contribution >= 4 is 7.82 Å². The molecule has 0 aliphatic rings. The van der Waals surface area contributed by atoms with Crippen molar-refractivity contribution in [1.82, 2.24) is 5.32 Å². The first-order valence-corrected chi connectivity index (χ1v) is 5.44. The van der Waals surface area contributed by atoms with Crippen LogP contribution in [-0.4, -0.2) is 32.1 Å². The van der Waals surface area contributed by atoms with Crippen molar-refractivity contribution in [2.75, 3.05) is 6.54 Å². The first-order chi connectivity index (χ1) is 5.62. The lowest BCUT2D eigenvalue weighted by Crippen LogP contribution is -2.41. The monoisotopic (exact) mass is 215 g/mol. The Morgan fingerprint density at radius 1 is 1.31 bits per heavy atom. The maximum absolute atomic E-state index is 9.21. The number of hydrogen-bond acceptors (Lipinski definition) is 3. The molecule has 5 N–H and O–H groups in total. The van der Waals surface area contributed by atoms with Crippen molar-refractivity contribution in [1.29, 1.82) is 0 Å². The van der Waals surface area contributed by atoms with Crippen LogP contribution in [0, 0.1) is 0 Å². The number of hydrogen-bond donors (Lipinski definition) is 5. The van der Waals surface area contributed by atoms with Gasteiger partial charge in [0.05, 0.1) is 0 Å². The molecule has 0 aliphatic heterocycles. The first kappa shape index (κ1) is 15.5. The molecule has 13 heavy (non-hydrogen) atoms. The van der Waals surface area contributed by atoms with Gasteiger partial charge in [0.15, 0.2) is 0 Å². The molecule has 0 heterocycles. The molecule has 6 nitrogen and oxygen atoms in total. The fourth-order valence-corrected chi connectivity index (χ4v) is 0.506. The van der Waals surface area contributed by atoms with Crippen molar-refractivity contribution in [2.24, 2.45) is 0 Å². The Balaban J connectivity index is 0. The van der Waals surface area contributed by atoms with Crippen molar-refractivity contribution < 1.29 is 24.4 Å². The van der Waals surface area contributed by atoms with Gasteiger partial charge >= 0.3 is 7.82 Å². The highest BCUT2D eigenvalue weighted by Crippen LogP contribution is 2.25. The van der Waals surface area contributed by atoms with Gasteiger partial charge in [-0.15, -0.1) is 0 Å². The van der Waals surface area contributed by atoms with Crippen LogP contribution in [-0.2, 0) is 4.57 Å². The van der Waals surface area contributed by atoms with Crippen LogP contribution in [0.2, 0.25) is 0 Å². The Bertz CT molecular complexity index is 158. The van der Waals surface area contributed by atoms with E-state index >= 15 is 0 Å². The summed E-state index contributed by atoms with van der Waals surface area (Å²) >= 11 is 0. The van der Waals surface area contributed by atoms with Gasteiger partial charge in [0.25, 0.3) is 0 Å². The minimum absolute atomic E-state index is 0.658. The van der Waals surface area contributed by atoms with Crippen molar-refractivity contribution in [3.63, 3.8) is 0 Å². The lowest BCUT2D eigenvalue weighted by Gasteiger charge is -2.21. The SMILES string of the molecule is CCNC(C)(O)CC.O=P(O)(O)O. The topological polar surface area (TPSA) is 110 Å². The molecule has 82 valence electrons. The van der Waals surface area contributed by atoms with Crippen LogP contribution in [0.15, 0.2) is 0 Å². The van der Waals surface area contributed by atoms with Crippen LogP contribution in [0.3, 0.4) is 0 Å². The highest BCUT2D eigenvalue weighted by molar-refractivity contribution is 7.45. The van der Waals surface area contributed by atoms with Gasteiger partial charge in [0.2, 0.25) is 0 Å². The molecular formula is C6H18NO5P. The minimum atomic E-state index is -4.64. The molecule has 0 spiro atoms. The molecule has 0 aromatic heterocycles. The Morgan fingerprint density at radius 3 is 1.69 bits per heavy atom. The predicted octanol–water partition coefficient (Wildman–Crippen LogP) is -0.214. The summed E-state index contributed by atoms with van der Waals surface area (Å²) in [6.45, 7) is 6.52. The number of phosphoric acid groups is 1. The zero-order valence-corrected chi connectivity index (χ0v) is 8.95. The Hall–Kier alpha value is 0.0300. The van der Waals surface area contributed by atoms with Gasteiger partial charge in [0, 0.05) is 0 Å². The highest BCUT2D eigenvalue weighted by Gasteiger charge is 2.13. The number of rotatable bonds is 3.